The highest BCUT2D eigenvalue weighted by Crippen LogP contribution is 2.24. The van der Waals surface area contributed by atoms with Gasteiger partial charge in [0.1, 0.15) is 5.75 Å². The summed E-state index contributed by atoms with van der Waals surface area (Å²) in [6.07, 6.45) is 1.90. The maximum atomic E-state index is 12.0. The Morgan fingerprint density at radius 3 is 2.60 bits per heavy atom. The first-order valence-electron chi connectivity index (χ1n) is 7.65. The third-order valence-corrected chi connectivity index (χ3v) is 3.76. The fraction of sp³-hybridized carbons (Fsp3) is 0.105. The average Bonchev–Trinajstić information content (AvgIpc) is 2.97. The van der Waals surface area contributed by atoms with Crippen LogP contribution in [0.1, 0.15) is 24.5 Å². The Morgan fingerprint density at radius 1 is 1.20 bits per heavy atom. The van der Waals surface area contributed by atoms with Gasteiger partial charge in [-0.3, -0.25) is 4.79 Å². The Balaban J connectivity index is 1.82. The van der Waals surface area contributed by atoms with E-state index in [1.54, 1.807) is 61.5 Å². The number of hydrogen-bond acceptors (Lipinski definition) is 5. The van der Waals surface area contributed by atoms with E-state index in [4.69, 9.17) is 21.1 Å². The molecule has 0 fully saturated rings. The highest BCUT2D eigenvalue weighted by atomic mass is 35.5. The van der Waals surface area contributed by atoms with Crippen LogP contribution in [0.3, 0.4) is 0 Å². The van der Waals surface area contributed by atoms with Crippen LogP contribution in [0.5, 0.6) is 5.75 Å². The lowest BCUT2D eigenvalue weighted by Crippen LogP contribution is -2.05. The van der Waals surface area contributed by atoms with E-state index in [2.05, 4.69) is 4.99 Å². The maximum absolute atomic E-state index is 12.0. The van der Waals surface area contributed by atoms with Crippen LogP contribution in [0.25, 0.3) is 6.08 Å². The summed E-state index contributed by atoms with van der Waals surface area (Å²) in [5, 5.41) is 0.456. The number of halogens is 1. The molecule has 0 aliphatic carbocycles. The van der Waals surface area contributed by atoms with Crippen LogP contribution in [0.2, 0.25) is 5.02 Å². The van der Waals surface area contributed by atoms with E-state index in [9.17, 15) is 9.59 Å². The van der Waals surface area contributed by atoms with Gasteiger partial charge in [0.05, 0.1) is 10.6 Å². The zero-order chi connectivity index (χ0) is 17.8. The van der Waals surface area contributed by atoms with Gasteiger partial charge in [-0.2, -0.15) is 0 Å². The van der Waals surface area contributed by atoms with Gasteiger partial charge in [-0.1, -0.05) is 42.8 Å². The summed E-state index contributed by atoms with van der Waals surface area (Å²) >= 11 is 6.10. The number of cyclic esters (lactones) is 1. The van der Waals surface area contributed by atoms with Gasteiger partial charge >= 0.3 is 11.9 Å². The molecule has 126 valence electrons. The second-order valence-corrected chi connectivity index (χ2v) is 5.62. The van der Waals surface area contributed by atoms with E-state index < -0.39 is 5.97 Å². The van der Waals surface area contributed by atoms with Crippen molar-refractivity contribution in [1.29, 1.82) is 0 Å². The molecule has 0 amide bonds. The molecule has 0 spiro atoms. The van der Waals surface area contributed by atoms with Crippen molar-refractivity contribution in [2.24, 2.45) is 4.99 Å². The summed E-state index contributed by atoms with van der Waals surface area (Å²) in [5.74, 6) is -0.227. The summed E-state index contributed by atoms with van der Waals surface area (Å²) in [5.41, 5.74) is 1.46. The predicted molar refractivity (Wildman–Crippen MR) is 94.4 cm³/mol. The summed E-state index contributed by atoms with van der Waals surface area (Å²) < 4.78 is 10.3. The number of carbonyl (C=O) groups is 2. The smallest absolute Gasteiger partial charge is 0.363 e. The fourth-order valence-corrected chi connectivity index (χ4v) is 2.37. The molecule has 1 heterocycles. The number of benzene rings is 2. The molecule has 0 radical (unpaired) electrons. The number of nitrogens with zero attached hydrogens (tertiary/aromatic N) is 1. The molecule has 0 unspecified atom stereocenters. The highest BCUT2D eigenvalue weighted by Gasteiger charge is 2.25. The number of aliphatic imine (C=N–C) groups is 1. The molecule has 0 N–H and O–H groups in total. The minimum absolute atomic E-state index is 0.174. The van der Waals surface area contributed by atoms with E-state index in [0.717, 1.165) is 5.56 Å². The van der Waals surface area contributed by atoms with Crippen LogP contribution >= 0.6 is 11.6 Å². The molecule has 2 aromatic rings. The first-order chi connectivity index (χ1) is 12.1. The van der Waals surface area contributed by atoms with Crippen molar-refractivity contribution < 1.29 is 19.1 Å². The SMILES string of the molecule is CCC(=O)Oc1ccc(/C=C2\N=C(c3ccccc3Cl)OC2=O)cc1. The molecule has 0 saturated carbocycles. The summed E-state index contributed by atoms with van der Waals surface area (Å²) in [4.78, 5) is 27.5. The Kier molecular flexibility index (Phi) is 4.95. The van der Waals surface area contributed by atoms with E-state index in [1.807, 2.05) is 0 Å². The van der Waals surface area contributed by atoms with Crippen LogP contribution < -0.4 is 4.74 Å². The molecule has 0 saturated heterocycles. The average molecular weight is 356 g/mol. The fourth-order valence-electron chi connectivity index (χ4n) is 2.15. The van der Waals surface area contributed by atoms with Crippen LogP contribution in [0.4, 0.5) is 0 Å². The quantitative estimate of drug-likeness (QED) is 0.472. The summed E-state index contributed by atoms with van der Waals surface area (Å²) in [6, 6.07) is 13.8. The monoisotopic (exact) mass is 355 g/mol. The van der Waals surface area contributed by atoms with Crippen molar-refractivity contribution in [1.82, 2.24) is 0 Å². The number of ether oxygens (including phenoxy) is 2. The standard InChI is InChI=1S/C19H14ClNO4/c1-2-17(22)24-13-9-7-12(8-10-13)11-16-19(23)25-18(21-16)14-5-3-4-6-15(14)20/h3-11H,2H2,1H3/b16-11-. The minimum Gasteiger partial charge on any atom is -0.427 e. The lowest BCUT2D eigenvalue weighted by Gasteiger charge is -2.02. The number of esters is 2. The van der Waals surface area contributed by atoms with Crippen LogP contribution in [0.15, 0.2) is 59.2 Å². The molecule has 5 nitrogen and oxygen atoms in total. The molecular weight excluding hydrogens is 342 g/mol. The lowest BCUT2D eigenvalue weighted by molar-refractivity contribution is -0.134. The number of hydrogen-bond donors (Lipinski definition) is 0. The molecule has 1 aliphatic heterocycles. The highest BCUT2D eigenvalue weighted by molar-refractivity contribution is 6.34. The number of carbonyl (C=O) groups excluding carboxylic acids is 2. The van der Waals surface area contributed by atoms with E-state index in [1.165, 1.54) is 0 Å². The zero-order valence-electron chi connectivity index (χ0n) is 13.4. The lowest BCUT2D eigenvalue weighted by atomic mass is 10.2. The third kappa shape index (κ3) is 3.95. The second-order valence-electron chi connectivity index (χ2n) is 5.21. The van der Waals surface area contributed by atoms with Gasteiger partial charge in [0.2, 0.25) is 5.90 Å². The van der Waals surface area contributed by atoms with Crippen molar-refractivity contribution in [3.05, 3.63) is 70.4 Å². The molecule has 0 atom stereocenters. The van der Waals surface area contributed by atoms with Gasteiger partial charge in [-0.15, -0.1) is 0 Å². The van der Waals surface area contributed by atoms with Crippen molar-refractivity contribution >= 4 is 35.5 Å². The summed E-state index contributed by atoms with van der Waals surface area (Å²) in [7, 11) is 0. The topological polar surface area (TPSA) is 65.0 Å². The third-order valence-electron chi connectivity index (χ3n) is 3.43. The molecule has 1 aliphatic rings. The molecule has 0 aromatic heterocycles. The van der Waals surface area contributed by atoms with Gasteiger partial charge in [-0.05, 0) is 35.9 Å². The van der Waals surface area contributed by atoms with E-state index in [-0.39, 0.29) is 17.6 Å². The van der Waals surface area contributed by atoms with E-state index in [0.29, 0.717) is 22.8 Å². The molecule has 3 rings (SSSR count). The van der Waals surface area contributed by atoms with Gasteiger partial charge in [0.15, 0.2) is 5.70 Å². The van der Waals surface area contributed by atoms with Crippen LogP contribution in [0, 0.1) is 0 Å². The first kappa shape index (κ1) is 16.9. The Morgan fingerprint density at radius 2 is 1.92 bits per heavy atom. The van der Waals surface area contributed by atoms with Crippen molar-refractivity contribution in [2.75, 3.05) is 0 Å². The number of rotatable bonds is 4. The molecule has 0 bridgehead atoms. The molecule has 6 heteroatoms. The Labute approximate surface area is 149 Å². The second kappa shape index (κ2) is 7.32. The summed E-state index contributed by atoms with van der Waals surface area (Å²) in [6.45, 7) is 1.72. The normalized spacial score (nSPS) is 15.0. The maximum Gasteiger partial charge on any atom is 0.363 e. The molecule has 2 aromatic carbocycles. The van der Waals surface area contributed by atoms with Gasteiger partial charge in [0.25, 0.3) is 0 Å². The van der Waals surface area contributed by atoms with Crippen LogP contribution in [-0.4, -0.2) is 17.8 Å². The molecule has 25 heavy (non-hydrogen) atoms. The zero-order valence-corrected chi connectivity index (χ0v) is 14.1. The first-order valence-corrected chi connectivity index (χ1v) is 8.03. The van der Waals surface area contributed by atoms with E-state index >= 15 is 0 Å². The van der Waals surface area contributed by atoms with Gasteiger partial charge < -0.3 is 9.47 Å². The van der Waals surface area contributed by atoms with Crippen molar-refractivity contribution in [3.8, 4) is 5.75 Å². The van der Waals surface area contributed by atoms with Crippen LogP contribution in [-0.2, 0) is 14.3 Å². The predicted octanol–water partition coefficient (Wildman–Crippen LogP) is 4.00. The molecular formula is C19H14ClNO4. The van der Waals surface area contributed by atoms with Gasteiger partial charge in [-0.25, -0.2) is 9.79 Å². The largest absolute Gasteiger partial charge is 0.427 e. The van der Waals surface area contributed by atoms with Crippen molar-refractivity contribution in [2.45, 2.75) is 13.3 Å². The van der Waals surface area contributed by atoms with Crippen molar-refractivity contribution in [3.63, 3.8) is 0 Å². The Hall–Kier alpha value is -2.92. The minimum atomic E-state index is -0.545. The van der Waals surface area contributed by atoms with Gasteiger partial charge in [0, 0.05) is 6.42 Å². The Bertz CT molecular complexity index is 885.